The predicted molar refractivity (Wildman–Crippen MR) is 67.3 cm³/mol. The highest BCUT2D eigenvalue weighted by Gasteiger charge is 2.16. The molecule has 0 spiro atoms. The Bertz CT molecular complexity index is 517. The van der Waals surface area contributed by atoms with Gasteiger partial charge in [-0.15, -0.1) is 0 Å². The van der Waals surface area contributed by atoms with Crippen LogP contribution in [0.2, 0.25) is 0 Å². The molecular weight excluding hydrogens is 252 g/mol. The SMILES string of the molecule is CC(CCCO)NS(=O)(=O)c1ccc(C#N)cc1. The second-order valence-electron chi connectivity index (χ2n) is 4.02. The molecular formula is C12H16N2O3S. The molecule has 5 nitrogen and oxygen atoms in total. The van der Waals surface area contributed by atoms with Crippen LogP contribution in [0.25, 0.3) is 0 Å². The molecule has 18 heavy (non-hydrogen) atoms. The number of aliphatic hydroxyl groups is 1. The lowest BCUT2D eigenvalue weighted by molar-refractivity contribution is 0.279. The third-order valence-corrected chi connectivity index (χ3v) is 4.05. The molecule has 0 amide bonds. The Balaban J connectivity index is 2.76. The van der Waals surface area contributed by atoms with Gasteiger partial charge < -0.3 is 5.11 Å². The van der Waals surface area contributed by atoms with Crippen molar-refractivity contribution in [1.29, 1.82) is 5.26 Å². The van der Waals surface area contributed by atoms with Crippen LogP contribution in [0.1, 0.15) is 25.3 Å². The summed E-state index contributed by atoms with van der Waals surface area (Å²) in [4.78, 5) is 0.136. The molecule has 98 valence electrons. The summed E-state index contributed by atoms with van der Waals surface area (Å²) < 4.78 is 26.4. The average Bonchev–Trinajstić information content (AvgIpc) is 2.36. The lowest BCUT2D eigenvalue weighted by atomic mass is 10.2. The fraction of sp³-hybridized carbons (Fsp3) is 0.417. The standard InChI is InChI=1S/C12H16N2O3S/c1-10(3-2-8-15)14-18(16,17)12-6-4-11(9-13)5-7-12/h4-7,10,14-15H,2-3,8H2,1H3. The fourth-order valence-electron chi connectivity index (χ4n) is 1.50. The van der Waals surface area contributed by atoms with Gasteiger partial charge in [0.2, 0.25) is 10.0 Å². The summed E-state index contributed by atoms with van der Waals surface area (Å²) in [7, 11) is -3.56. The third kappa shape index (κ3) is 4.11. The van der Waals surface area contributed by atoms with Crippen LogP contribution in [-0.2, 0) is 10.0 Å². The third-order valence-electron chi connectivity index (χ3n) is 2.45. The first-order valence-electron chi connectivity index (χ1n) is 5.63. The molecule has 6 heteroatoms. The zero-order valence-corrected chi connectivity index (χ0v) is 10.9. The summed E-state index contributed by atoms with van der Waals surface area (Å²) in [5.74, 6) is 0. The second-order valence-corrected chi connectivity index (χ2v) is 5.74. The number of nitrogens with zero attached hydrogens (tertiary/aromatic N) is 1. The minimum atomic E-state index is -3.56. The second kappa shape index (κ2) is 6.50. The summed E-state index contributed by atoms with van der Waals surface area (Å²) in [5, 5.41) is 17.3. The van der Waals surface area contributed by atoms with Crippen molar-refractivity contribution in [3.05, 3.63) is 29.8 Å². The maximum Gasteiger partial charge on any atom is 0.240 e. The van der Waals surface area contributed by atoms with E-state index in [0.29, 0.717) is 18.4 Å². The number of aliphatic hydroxyl groups excluding tert-OH is 1. The predicted octanol–water partition coefficient (Wildman–Crippen LogP) is 0.998. The van der Waals surface area contributed by atoms with Gasteiger partial charge >= 0.3 is 0 Å². The monoisotopic (exact) mass is 268 g/mol. The van der Waals surface area contributed by atoms with Crippen molar-refractivity contribution < 1.29 is 13.5 Å². The molecule has 0 aliphatic rings. The first kappa shape index (κ1) is 14.6. The molecule has 0 radical (unpaired) electrons. The van der Waals surface area contributed by atoms with Crippen LogP contribution in [-0.4, -0.2) is 26.2 Å². The van der Waals surface area contributed by atoms with Crippen molar-refractivity contribution >= 4 is 10.0 Å². The quantitative estimate of drug-likeness (QED) is 0.805. The zero-order chi connectivity index (χ0) is 13.6. The average molecular weight is 268 g/mol. The molecule has 1 aromatic carbocycles. The van der Waals surface area contributed by atoms with Crippen LogP contribution in [0.15, 0.2) is 29.2 Å². The maximum atomic E-state index is 11.9. The fourth-order valence-corrected chi connectivity index (χ4v) is 2.78. The van der Waals surface area contributed by atoms with E-state index in [4.69, 9.17) is 10.4 Å². The Hall–Kier alpha value is -1.42. The van der Waals surface area contributed by atoms with Gasteiger partial charge in [-0.1, -0.05) is 0 Å². The van der Waals surface area contributed by atoms with Crippen molar-refractivity contribution in [3.8, 4) is 6.07 Å². The molecule has 0 saturated heterocycles. The number of nitriles is 1. The highest BCUT2D eigenvalue weighted by Crippen LogP contribution is 2.11. The summed E-state index contributed by atoms with van der Waals surface area (Å²) in [6.45, 7) is 1.79. The number of benzene rings is 1. The van der Waals surface area contributed by atoms with E-state index in [1.54, 1.807) is 6.92 Å². The minimum Gasteiger partial charge on any atom is -0.396 e. The van der Waals surface area contributed by atoms with E-state index < -0.39 is 10.0 Å². The van der Waals surface area contributed by atoms with Crippen LogP contribution >= 0.6 is 0 Å². The number of sulfonamides is 1. The van der Waals surface area contributed by atoms with Crippen LogP contribution in [0.5, 0.6) is 0 Å². The molecule has 1 aromatic rings. The van der Waals surface area contributed by atoms with Gasteiger partial charge in [-0.25, -0.2) is 13.1 Å². The van der Waals surface area contributed by atoms with Crippen molar-refractivity contribution in [2.45, 2.75) is 30.7 Å². The van der Waals surface area contributed by atoms with Gasteiger partial charge in [0.1, 0.15) is 0 Å². The Kier molecular flexibility index (Phi) is 5.28. The Morgan fingerprint density at radius 3 is 2.50 bits per heavy atom. The van der Waals surface area contributed by atoms with E-state index in [1.807, 2.05) is 6.07 Å². The molecule has 1 unspecified atom stereocenters. The van der Waals surface area contributed by atoms with E-state index in [9.17, 15) is 8.42 Å². The normalized spacial score (nSPS) is 12.9. The van der Waals surface area contributed by atoms with Crippen molar-refractivity contribution in [2.75, 3.05) is 6.61 Å². The summed E-state index contributed by atoms with van der Waals surface area (Å²) >= 11 is 0. The van der Waals surface area contributed by atoms with Crippen molar-refractivity contribution in [2.24, 2.45) is 0 Å². The van der Waals surface area contributed by atoms with E-state index in [0.717, 1.165) is 0 Å². The number of hydrogen-bond donors (Lipinski definition) is 2. The molecule has 0 saturated carbocycles. The van der Waals surface area contributed by atoms with Crippen LogP contribution < -0.4 is 4.72 Å². The van der Waals surface area contributed by atoms with Crippen molar-refractivity contribution in [3.63, 3.8) is 0 Å². The molecule has 0 aromatic heterocycles. The summed E-state index contributed by atoms with van der Waals surface area (Å²) in [5.41, 5.74) is 0.419. The highest BCUT2D eigenvalue weighted by molar-refractivity contribution is 7.89. The highest BCUT2D eigenvalue weighted by atomic mass is 32.2. The number of rotatable bonds is 6. The Morgan fingerprint density at radius 2 is 2.00 bits per heavy atom. The first-order chi connectivity index (χ1) is 8.49. The molecule has 1 atom stereocenters. The van der Waals surface area contributed by atoms with E-state index in [1.165, 1.54) is 24.3 Å². The molecule has 0 heterocycles. The van der Waals surface area contributed by atoms with Gasteiger partial charge in [0, 0.05) is 12.6 Å². The summed E-state index contributed by atoms with van der Waals surface area (Å²) in [6.07, 6.45) is 1.13. The largest absolute Gasteiger partial charge is 0.396 e. The van der Waals surface area contributed by atoms with Gasteiger partial charge in [-0.3, -0.25) is 0 Å². The van der Waals surface area contributed by atoms with E-state index in [-0.39, 0.29) is 17.5 Å². The molecule has 0 aliphatic carbocycles. The summed E-state index contributed by atoms with van der Waals surface area (Å²) in [6, 6.07) is 7.43. The number of hydrogen-bond acceptors (Lipinski definition) is 4. The molecule has 2 N–H and O–H groups in total. The molecule has 0 fully saturated rings. The van der Waals surface area contributed by atoms with Crippen molar-refractivity contribution in [1.82, 2.24) is 4.72 Å². The van der Waals surface area contributed by atoms with Crippen LogP contribution in [0.3, 0.4) is 0 Å². The first-order valence-corrected chi connectivity index (χ1v) is 7.11. The van der Waals surface area contributed by atoms with E-state index in [2.05, 4.69) is 4.72 Å². The Morgan fingerprint density at radius 1 is 1.39 bits per heavy atom. The topological polar surface area (TPSA) is 90.2 Å². The van der Waals surface area contributed by atoms with Gasteiger partial charge in [0.25, 0.3) is 0 Å². The molecule has 1 rings (SSSR count). The van der Waals surface area contributed by atoms with Gasteiger partial charge in [-0.05, 0) is 44.0 Å². The van der Waals surface area contributed by atoms with Crippen LogP contribution in [0.4, 0.5) is 0 Å². The van der Waals surface area contributed by atoms with Gasteiger partial charge in [-0.2, -0.15) is 5.26 Å². The lowest BCUT2D eigenvalue weighted by Gasteiger charge is -2.13. The Labute approximate surface area is 107 Å². The van der Waals surface area contributed by atoms with E-state index >= 15 is 0 Å². The van der Waals surface area contributed by atoms with Gasteiger partial charge in [0.05, 0.1) is 16.5 Å². The maximum absolute atomic E-state index is 11.9. The van der Waals surface area contributed by atoms with Crippen LogP contribution in [0, 0.1) is 11.3 Å². The molecule has 0 aliphatic heterocycles. The minimum absolute atomic E-state index is 0.0446. The number of nitrogens with one attached hydrogen (secondary N) is 1. The lowest BCUT2D eigenvalue weighted by Crippen LogP contribution is -2.32. The zero-order valence-electron chi connectivity index (χ0n) is 10.1. The molecule has 0 bridgehead atoms. The smallest absolute Gasteiger partial charge is 0.240 e. The van der Waals surface area contributed by atoms with Gasteiger partial charge in [0.15, 0.2) is 0 Å².